The van der Waals surface area contributed by atoms with Crippen molar-refractivity contribution in [3.8, 4) is 11.5 Å². The highest BCUT2D eigenvalue weighted by molar-refractivity contribution is 6.35. The molecular weight excluding hydrogens is 466 g/mol. The van der Waals surface area contributed by atoms with Crippen LogP contribution in [0, 0.1) is 0 Å². The lowest BCUT2D eigenvalue weighted by Gasteiger charge is -2.19. The van der Waals surface area contributed by atoms with Gasteiger partial charge in [-0.3, -0.25) is 9.69 Å². The number of rotatable bonds is 7. The zero-order valence-electron chi connectivity index (χ0n) is 19.6. The molecule has 0 saturated carbocycles. The van der Waals surface area contributed by atoms with Gasteiger partial charge in [0, 0.05) is 5.70 Å². The Labute approximate surface area is 209 Å². The molecule has 3 aromatic carbocycles. The Bertz CT molecular complexity index is 1330. The molecule has 1 amide bonds. The first-order valence-corrected chi connectivity index (χ1v) is 11.3. The Balaban J connectivity index is 1.69. The number of carbonyl (C=O) groups excluding carboxylic acids is 2. The highest BCUT2D eigenvalue weighted by Gasteiger charge is 2.38. The molecule has 0 bridgehead atoms. The van der Waals surface area contributed by atoms with Gasteiger partial charge in [0.1, 0.15) is 6.61 Å². The predicted molar refractivity (Wildman–Crippen MR) is 135 cm³/mol. The van der Waals surface area contributed by atoms with Crippen LogP contribution in [0.15, 0.2) is 89.6 Å². The number of hydrogen-bond donors (Lipinski definition) is 0. The van der Waals surface area contributed by atoms with Crippen molar-refractivity contribution in [3.63, 3.8) is 0 Å². The maximum atomic E-state index is 13.5. The van der Waals surface area contributed by atoms with Crippen LogP contribution in [0.25, 0.3) is 6.08 Å². The number of halogens is 1. The van der Waals surface area contributed by atoms with Gasteiger partial charge in [0.25, 0.3) is 5.91 Å². The molecule has 178 valence electrons. The van der Waals surface area contributed by atoms with Crippen molar-refractivity contribution in [1.82, 2.24) is 0 Å². The molecule has 1 heterocycles. The average molecular weight is 490 g/mol. The van der Waals surface area contributed by atoms with Gasteiger partial charge < -0.3 is 14.2 Å². The second-order valence-electron chi connectivity index (χ2n) is 7.79. The molecule has 0 N–H and O–H groups in total. The van der Waals surface area contributed by atoms with E-state index in [1.807, 2.05) is 30.3 Å². The molecular formula is C28H24ClNO5. The Morgan fingerprint density at radius 3 is 2.37 bits per heavy atom. The van der Waals surface area contributed by atoms with Crippen molar-refractivity contribution in [2.75, 3.05) is 19.1 Å². The summed E-state index contributed by atoms with van der Waals surface area (Å²) in [6, 6.07) is 22.1. The minimum atomic E-state index is -0.605. The summed E-state index contributed by atoms with van der Waals surface area (Å²) in [6.45, 7) is 2.08. The Morgan fingerprint density at radius 1 is 0.971 bits per heavy atom. The predicted octanol–water partition coefficient (Wildman–Crippen LogP) is 5.80. The molecule has 0 spiro atoms. The van der Waals surface area contributed by atoms with Crippen molar-refractivity contribution >= 4 is 35.2 Å². The van der Waals surface area contributed by atoms with Crippen LogP contribution < -0.4 is 14.4 Å². The number of esters is 1. The van der Waals surface area contributed by atoms with Crippen molar-refractivity contribution < 1.29 is 23.8 Å². The zero-order chi connectivity index (χ0) is 24.9. The number of allylic oxidation sites excluding steroid dienone is 1. The maximum Gasteiger partial charge on any atom is 0.340 e. The molecule has 0 atom stereocenters. The van der Waals surface area contributed by atoms with Crippen LogP contribution in [0.5, 0.6) is 11.5 Å². The lowest BCUT2D eigenvalue weighted by Crippen LogP contribution is -2.24. The fraction of sp³-hybridized carbons (Fsp3) is 0.143. The number of para-hydroxylation sites is 1. The Kier molecular flexibility index (Phi) is 7.22. The molecule has 0 saturated heterocycles. The molecule has 0 unspecified atom stereocenters. The van der Waals surface area contributed by atoms with Gasteiger partial charge in [-0.15, -0.1) is 0 Å². The van der Waals surface area contributed by atoms with Crippen LogP contribution in [0.2, 0.25) is 5.02 Å². The number of methoxy groups -OCH3 is 2. The van der Waals surface area contributed by atoms with E-state index in [4.69, 9.17) is 25.8 Å². The third kappa shape index (κ3) is 4.93. The molecule has 1 aliphatic heterocycles. The molecule has 6 nitrogen and oxygen atoms in total. The van der Waals surface area contributed by atoms with E-state index >= 15 is 0 Å². The second kappa shape index (κ2) is 10.5. The van der Waals surface area contributed by atoms with Gasteiger partial charge in [0.05, 0.1) is 36.1 Å². The van der Waals surface area contributed by atoms with E-state index in [2.05, 4.69) is 0 Å². The molecule has 3 aromatic rings. The summed E-state index contributed by atoms with van der Waals surface area (Å²) in [4.78, 5) is 27.6. The minimum Gasteiger partial charge on any atom is -0.493 e. The SMILES string of the molecule is COC(=O)C1=C(C)N(c2ccccc2Cl)C(=O)/C1=C\c1ccc(OCc2ccccc2)c(OC)c1. The lowest BCUT2D eigenvalue weighted by atomic mass is 10.0. The number of carbonyl (C=O) groups is 2. The van der Waals surface area contributed by atoms with Gasteiger partial charge in [-0.05, 0) is 48.4 Å². The van der Waals surface area contributed by atoms with Gasteiger partial charge in [0.2, 0.25) is 0 Å². The highest BCUT2D eigenvalue weighted by Crippen LogP contribution is 2.39. The fourth-order valence-corrected chi connectivity index (χ4v) is 4.12. The van der Waals surface area contributed by atoms with Crippen LogP contribution >= 0.6 is 11.6 Å². The van der Waals surface area contributed by atoms with E-state index in [0.29, 0.717) is 40.1 Å². The quantitative estimate of drug-likeness (QED) is 0.310. The van der Waals surface area contributed by atoms with E-state index in [0.717, 1.165) is 5.56 Å². The topological polar surface area (TPSA) is 65.1 Å². The van der Waals surface area contributed by atoms with Crippen LogP contribution in [-0.2, 0) is 20.9 Å². The van der Waals surface area contributed by atoms with Crippen molar-refractivity contribution in [1.29, 1.82) is 0 Å². The summed E-state index contributed by atoms with van der Waals surface area (Å²) in [6.07, 6.45) is 1.64. The number of hydrogen-bond acceptors (Lipinski definition) is 5. The molecule has 0 aliphatic carbocycles. The summed E-state index contributed by atoms with van der Waals surface area (Å²) >= 11 is 6.35. The van der Waals surface area contributed by atoms with Crippen LogP contribution in [-0.4, -0.2) is 26.1 Å². The lowest BCUT2D eigenvalue weighted by molar-refractivity contribution is -0.136. The van der Waals surface area contributed by atoms with Crippen LogP contribution in [0.4, 0.5) is 5.69 Å². The molecule has 7 heteroatoms. The smallest absolute Gasteiger partial charge is 0.340 e. The van der Waals surface area contributed by atoms with Gasteiger partial charge in [0.15, 0.2) is 11.5 Å². The molecule has 0 radical (unpaired) electrons. The Morgan fingerprint density at radius 2 is 1.69 bits per heavy atom. The summed E-state index contributed by atoms with van der Waals surface area (Å²) < 4.78 is 16.4. The highest BCUT2D eigenvalue weighted by atomic mass is 35.5. The molecule has 4 rings (SSSR count). The third-order valence-electron chi connectivity index (χ3n) is 5.62. The summed E-state index contributed by atoms with van der Waals surface area (Å²) in [5, 5.41) is 0.396. The normalized spacial score (nSPS) is 14.5. The molecule has 35 heavy (non-hydrogen) atoms. The number of anilines is 1. The maximum absolute atomic E-state index is 13.5. The van der Waals surface area contributed by atoms with E-state index in [1.165, 1.54) is 12.0 Å². The van der Waals surface area contributed by atoms with Crippen LogP contribution in [0.1, 0.15) is 18.1 Å². The van der Waals surface area contributed by atoms with Crippen molar-refractivity contribution in [3.05, 3.63) is 106 Å². The van der Waals surface area contributed by atoms with E-state index in [9.17, 15) is 9.59 Å². The standard InChI is InChI=1S/C28H24ClNO5/c1-18-26(28(32)34-3)21(27(31)30(18)23-12-8-7-11-22(23)29)15-20-13-14-24(25(16-20)33-2)35-17-19-9-5-4-6-10-19/h4-16H,17H2,1-3H3/b21-15-. The summed E-state index contributed by atoms with van der Waals surface area (Å²) in [5.41, 5.74) is 3.00. The molecule has 0 aromatic heterocycles. The van der Waals surface area contributed by atoms with Gasteiger partial charge in [-0.1, -0.05) is 60.1 Å². The molecule has 1 aliphatic rings. The minimum absolute atomic E-state index is 0.181. The van der Waals surface area contributed by atoms with Crippen molar-refractivity contribution in [2.24, 2.45) is 0 Å². The first-order chi connectivity index (χ1) is 16.9. The zero-order valence-corrected chi connectivity index (χ0v) is 20.3. The fourth-order valence-electron chi connectivity index (χ4n) is 3.90. The van der Waals surface area contributed by atoms with E-state index in [-0.39, 0.29) is 17.1 Å². The van der Waals surface area contributed by atoms with E-state index in [1.54, 1.807) is 62.6 Å². The van der Waals surface area contributed by atoms with Crippen molar-refractivity contribution in [2.45, 2.75) is 13.5 Å². The Hall–Kier alpha value is -4.03. The second-order valence-corrected chi connectivity index (χ2v) is 8.19. The van der Waals surface area contributed by atoms with Gasteiger partial charge in [-0.25, -0.2) is 4.79 Å². The van der Waals surface area contributed by atoms with E-state index < -0.39 is 5.97 Å². The number of nitrogens with zero attached hydrogens (tertiary/aromatic N) is 1. The number of benzene rings is 3. The number of amides is 1. The van der Waals surface area contributed by atoms with Crippen LogP contribution in [0.3, 0.4) is 0 Å². The monoisotopic (exact) mass is 489 g/mol. The first-order valence-electron chi connectivity index (χ1n) is 10.9. The first kappa shape index (κ1) is 24.1. The van der Waals surface area contributed by atoms with Gasteiger partial charge >= 0.3 is 5.97 Å². The largest absolute Gasteiger partial charge is 0.493 e. The number of ether oxygens (including phenoxy) is 3. The third-order valence-corrected chi connectivity index (χ3v) is 5.94. The van der Waals surface area contributed by atoms with Gasteiger partial charge in [-0.2, -0.15) is 0 Å². The summed E-state index contributed by atoms with van der Waals surface area (Å²) in [5.74, 6) is 0.0867. The summed E-state index contributed by atoms with van der Waals surface area (Å²) in [7, 11) is 2.83. The average Bonchev–Trinajstić information content (AvgIpc) is 3.12. The molecule has 0 fully saturated rings.